The number of unbranched alkanes of at least 4 members (excludes halogenated alkanes) is 9. The lowest BCUT2D eigenvalue weighted by Crippen LogP contribution is -2.61. The van der Waals surface area contributed by atoms with Gasteiger partial charge in [0.15, 0.2) is 0 Å². The summed E-state index contributed by atoms with van der Waals surface area (Å²) in [7, 11) is 0. The highest BCUT2D eigenvalue weighted by Gasteiger charge is 2.37. The SMILES string of the molecule is CCCCCCC(=O)N[C@@H](CC(C)C)C(=O)N[C@@H](CCCCN)C(=O)N[C@@H](CCCCN)C(=O)N[C@@H](CC(C)C)C(=O)N[C@@H](CC(C)C)C(=O)N[C@@H](CCCCN)C(=O)N[C@@H](CCCCN)C(=O)N[C@@H](CC(C)C)C(=O)N[C@@H](CCCCN)C(=O)N[C@@H](CCCCN)C(=O)N[C@@H](CC(C)C)C(N)=O. The van der Waals surface area contributed by atoms with Crippen LogP contribution in [0.4, 0.5) is 0 Å². The summed E-state index contributed by atoms with van der Waals surface area (Å²) in [4.78, 5) is 170. The van der Waals surface area contributed by atoms with Gasteiger partial charge in [0, 0.05) is 6.42 Å². The molecule has 0 saturated heterocycles. The zero-order valence-electron chi connectivity index (χ0n) is 64.7. The van der Waals surface area contributed by atoms with E-state index in [4.69, 9.17) is 40.1 Å². The molecule has 0 saturated carbocycles. The lowest BCUT2D eigenvalue weighted by atomic mass is 9.98. The van der Waals surface area contributed by atoms with E-state index in [0.29, 0.717) is 116 Å². The lowest BCUT2D eigenvalue weighted by Gasteiger charge is -2.29. The van der Waals surface area contributed by atoms with Gasteiger partial charge >= 0.3 is 0 Å². The molecule has 103 heavy (non-hydrogen) atoms. The van der Waals surface area contributed by atoms with Crippen LogP contribution in [0.25, 0.3) is 0 Å². The van der Waals surface area contributed by atoms with Crippen LogP contribution >= 0.6 is 0 Å². The molecule has 30 heteroatoms. The van der Waals surface area contributed by atoms with E-state index in [9.17, 15) is 57.5 Å². The van der Waals surface area contributed by atoms with Crippen molar-refractivity contribution in [2.24, 2.45) is 69.7 Å². The second-order valence-corrected chi connectivity index (χ2v) is 29.8. The summed E-state index contributed by atoms with van der Waals surface area (Å²) < 4.78 is 0. The van der Waals surface area contributed by atoms with Crippen LogP contribution in [0.5, 0.6) is 0 Å². The molecule has 0 aromatic carbocycles. The number of carbonyl (C=O) groups excluding carboxylic acids is 12. The Balaban J connectivity index is 7.21. The Morgan fingerprint density at radius 1 is 0.233 bits per heavy atom. The Hall–Kier alpha value is -6.60. The smallest absolute Gasteiger partial charge is 0.243 e. The molecule has 0 radical (unpaired) electrons. The van der Waals surface area contributed by atoms with Crippen molar-refractivity contribution in [2.75, 3.05) is 39.3 Å². The molecule has 0 bridgehead atoms. The minimum Gasteiger partial charge on any atom is -0.368 e. The molecule has 0 fully saturated rings. The van der Waals surface area contributed by atoms with Gasteiger partial charge < -0.3 is 98.6 Å². The maximum absolute atomic E-state index is 14.7. The van der Waals surface area contributed by atoms with Gasteiger partial charge in [-0.05, 0) is 223 Å². The third kappa shape index (κ3) is 44.1. The van der Waals surface area contributed by atoms with E-state index >= 15 is 0 Å². The molecule has 30 nitrogen and oxygen atoms in total. The van der Waals surface area contributed by atoms with Crippen LogP contribution in [0, 0.1) is 29.6 Å². The first-order valence-electron chi connectivity index (χ1n) is 38.7. The van der Waals surface area contributed by atoms with Crippen molar-refractivity contribution in [1.82, 2.24) is 58.5 Å². The summed E-state index contributed by atoms with van der Waals surface area (Å²) in [5, 5.41) is 31.1. The Bertz CT molecular complexity index is 2490. The Morgan fingerprint density at radius 2 is 0.417 bits per heavy atom. The molecular formula is C73H142N18O12. The van der Waals surface area contributed by atoms with E-state index in [1.807, 2.05) is 69.2 Å². The Kier molecular flexibility index (Phi) is 53.1. The highest BCUT2D eigenvalue weighted by Crippen LogP contribution is 2.17. The fraction of sp³-hybridized carbons (Fsp3) is 0.836. The van der Waals surface area contributed by atoms with Crippen LogP contribution in [-0.2, 0) is 57.5 Å². The zero-order chi connectivity index (χ0) is 78.0. The van der Waals surface area contributed by atoms with Gasteiger partial charge in [0.2, 0.25) is 70.9 Å². The fourth-order valence-electron chi connectivity index (χ4n) is 11.8. The molecule has 0 aliphatic rings. The van der Waals surface area contributed by atoms with E-state index in [1.54, 1.807) is 0 Å². The highest BCUT2D eigenvalue weighted by molar-refractivity contribution is 5.99. The molecule has 0 aliphatic carbocycles. The maximum atomic E-state index is 14.7. The maximum Gasteiger partial charge on any atom is 0.243 e. The molecule has 0 aliphatic heterocycles. The molecule has 596 valence electrons. The van der Waals surface area contributed by atoms with Crippen LogP contribution < -0.4 is 98.6 Å². The van der Waals surface area contributed by atoms with Gasteiger partial charge in [0.1, 0.15) is 66.5 Å². The van der Waals surface area contributed by atoms with E-state index in [-0.39, 0.29) is 119 Å². The molecule has 0 aromatic rings. The monoisotopic (exact) mass is 1460 g/mol. The third-order valence-corrected chi connectivity index (χ3v) is 17.5. The van der Waals surface area contributed by atoms with E-state index < -0.39 is 131 Å². The first kappa shape index (κ1) is 96.4. The van der Waals surface area contributed by atoms with Crippen molar-refractivity contribution >= 4 is 70.9 Å². The second-order valence-electron chi connectivity index (χ2n) is 29.8. The second kappa shape index (κ2) is 56.7. The Morgan fingerprint density at radius 3 is 0.612 bits per heavy atom. The summed E-state index contributed by atoms with van der Waals surface area (Å²) in [5.41, 5.74) is 40.8. The van der Waals surface area contributed by atoms with Crippen molar-refractivity contribution < 1.29 is 57.5 Å². The first-order chi connectivity index (χ1) is 48.8. The first-order valence-corrected chi connectivity index (χ1v) is 38.7. The summed E-state index contributed by atoms with van der Waals surface area (Å²) in [5.74, 6) is -8.36. The summed E-state index contributed by atoms with van der Waals surface area (Å²) in [6.07, 6.45) is 10.8. The number of rotatable bonds is 61. The van der Waals surface area contributed by atoms with Crippen molar-refractivity contribution in [3.63, 3.8) is 0 Å². The van der Waals surface area contributed by atoms with Crippen LogP contribution in [0.2, 0.25) is 0 Å². The summed E-state index contributed by atoms with van der Waals surface area (Å²) in [6, 6.07) is -12.8. The molecular weight excluding hydrogens is 1320 g/mol. The van der Waals surface area contributed by atoms with Crippen molar-refractivity contribution in [1.29, 1.82) is 0 Å². The largest absolute Gasteiger partial charge is 0.368 e. The third-order valence-electron chi connectivity index (χ3n) is 17.5. The minimum atomic E-state index is -1.27. The predicted molar refractivity (Wildman–Crippen MR) is 404 cm³/mol. The fourth-order valence-corrected chi connectivity index (χ4v) is 11.8. The number of amides is 12. The van der Waals surface area contributed by atoms with Crippen LogP contribution in [-0.4, -0.2) is 177 Å². The number of hydrogen-bond donors (Lipinski definition) is 18. The van der Waals surface area contributed by atoms with E-state index in [1.165, 1.54) is 0 Å². The van der Waals surface area contributed by atoms with Crippen LogP contribution in [0.15, 0.2) is 0 Å². The number of nitrogens with one attached hydrogen (secondary N) is 11. The van der Waals surface area contributed by atoms with Gasteiger partial charge in [-0.1, -0.05) is 95.4 Å². The van der Waals surface area contributed by atoms with Gasteiger partial charge in [-0.2, -0.15) is 0 Å². The zero-order valence-corrected chi connectivity index (χ0v) is 64.7. The van der Waals surface area contributed by atoms with Crippen molar-refractivity contribution in [3.05, 3.63) is 0 Å². The summed E-state index contributed by atoms with van der Waals surface area (Å²) in [6.45, 7) is 22.5. The minimum absolute atomic E-state index is 0.00419. The number of hydrogen-bond acceptors (Lipinski definition) is 18. The van der Waals surface area contributed by atoms with Gasteiger partial charge in [0.05, 0.1) is 0 Å². The molecule has 12 amide bonds. The Labute approximate surface area is 615 Å². The topological polar surface area (TPSA) is 519 Å². The molecule has 25 N–H and O–H groups in total. The molecule has 0 heterocycles. The van der Waals surface area contributed by atoms with E-state index in [0.717, 1.165) is 19.3 Å². The normalized spacial score (nSPS) is 14.7. The number of nitrogens with two attached hydrogens (primary N) is 7. The quantitative estimate of drug-likeness (QED) is 0.0386. The van der Waals surface area contributed by atoms with Crippen LogP contribution in [0.3, 0.4) is 0 Å². The average molecular weight is 1460 g/mol. The van der Waals surface area contributed by atoms with Crippen LogP contribution in [0.1, 0.15) is 256 Å². The molecule has 0 aromatic heterocycles. The van der Waals surface area contributed by atoms with Gasteiger partial charge in [-0.25, -0.2) is 0 Å². The van der Waals surface area contributed by atoms with Crippen molar-refractivity contribution in [2.45, 2.75) is 322 Å². The van der Waals surface area contributed by atoms with E-state index in [2.05, 4.69) is 65.4 Å². The van der Waals surface area contributed by atoms with Gasteiger partial charge in [-0.3, -0.25) is 57.5 Å². The number of carbonyl (C=O) groups is 12. The van der Waals surface area contributed by atoms with Crippen molar-refractivity contribution in [3.8, 4) is 0 Å². The lowest BCUT2D eigenvalue weighted by molar-refractivity contribution is -0.136. The van der Waals surface area contributed by atoms with Gasteiger partial charge in [-0.15, -0.1) is 0 Å². The molecule has 0 spiro atoms. The predicted octanol–water partition coefficient (Wildman–Crippen LogP) is 1.78. The average Bonchev–Trinajstić information content (AvgIpc) is 0.863. The standard InChI is InChI=1S/C73H142N18O12/c1-12-13-14-15-34-62(92)81-58(42-47(4)5)70(100)85-51(28-16-22-35-74)64(94)83-56(33-21-27-40-79)69(99)90-61(45-50(10)11)73(103)91-60(44-49(8)9)72(102)87-53(30-18-24-37-76)66(96)84-55(32-20-26-39-78)68(98)89-59(43-48(6)7)71(101)86-52(29-17-23-36-75)65(95)82-54(31-19-25-38-77)67(97)88-57(63(80)93)41-46(2)3/h46-61H,12-45,74-79H2,1-11H3,(H2,80,93)(H,81,92)(H,82,95)(H,83,94)(H,84,96)(H,85,100)(H,86,101)(H,87,102)(H,88,97)(H,89,98)(H,90,99)(H,91,103)/t51-,52-,53-,54-,55-,56-,57-,58-,59-,60-,61-/m0/s1. The number of primary amides is 1. The molecule has 11 atom stereocenters. The molecule has 0 unspecified atom stereocenters. The molecule has 0 rings (SSSR count). The highest BCUT2D eigenvalue weighted by atomic mass is 16.2. The van der Waals surface area contributed by atoms with Gasteiger partial charge in [0.25, 0.3) is 0 Å². The summed E-state index contributed by atoms with van der Waals surface area (Å²) >= 11 is 0.